The van der Waals surface area contributed by atoms with Gasteiger partial charge in [0.15, 0.2) is 0 Å². The molecule has 2 atom stereocenters. The van der Waals surface area contributed by atoms with Gasteiger partial charge in [0.25, 0.3) is 0 Å². The molecule has 2 amide bonds. The minimum atomic E-state index is 0.102. The van der Waals surface area contributed by atoms with E-state index in [1.807, 2.05) is 4.90 Å². The molecule has 4 rings (SSSR count). The zero-order valence-corrected chi connectivity index (χ0v) is 12.4. The predicted octanol–water partition coefficient (Wildman–Crippen LogP) is 1.21. The van der Waals surface area contributed by atoms with Gasteiger partial charge in [0.05, 0.1) is 0 Å². The molecule has 2 fully saturated rings. The summed E-state index contributed by atoms with van der Waals surface area (Å²) < 4.78 is 2.20. The summed E-state index contributed by atoms with van der Waals surface area (Å²) in [5.74, 6) is 3.64. The summed E-state index contributed by atoms with van der Waals surface area (Å²) in [6.45, 7) is 3.59. The Morgan fingerprint density at radius 1 is 1.19 bits per heavy atom. The smallest absolute Gasteiger partial charge is 0.317 e. The molecule has 0 radical (unpaired) electrons. The molecular weight excluding hydrogens is 266 g/mol. The van der Waals surface area contributed by atoms with Crippen LogP contribution in [0.3, 0.4) is 0 Å². The number of likely N-dealkylation sites (tertiary alicyclic amines) is 1. The maximum atomic E-state index is 12.2. The lowest BCUT2D eigenvalue weighted by Crippen LogP contribution is -2.40. The molecule has 0 aromatic carbocycles. The van der Waals surface area contributed by atoms with Crippen molar-refractivity contribution in [2.45, 2.75) is 45.1 Å². The number of carbonyl (C=O) groups is 1. The zero-order chi connectivity index (χ0) is 14.2. The first-order valence-electron chi connectivity index (χ1n) is 8.25. The summed E-state index contributed by atoms with van der Waals surface area (Å²) in [5, 5.41) is 11.5. The van der Waals surface area contributed by atoms with E-state index in [9.17, 15) is 4.79 Å². The van der Waals surface area contributed by atoms with Crippen molar-refractivity contribution < 1.29 is 4.79 Å². The van der Waals surface area contributed by atoms with Gasteiger partial charge < -0.3 is 14.8 Å². The lowest BCUT2D eigenvalue weighted by Gasteiger charge is -2.18. The zero-order valence-electron chi connectivity index (χ0n) is 12.4. The number of carbonyl (C=O) groups excluding carboxylic acids is 1. The molecule has 1 N–H and O–H groups in total. The monoisotopic (exact) mass is 289 g/mol. The van der Waals surface area contributed by atoms with Crippen LogP contribution in [0.1, 0.15) is 37.3 Å². The normalized spacial score (nSPS) is 27.0. The van der Waals surface area contributed by atoms with Crippen LogP contribution in [-0.2, 0) is 19.4 Å². The molecule has 21 heavy (non-hydrogen) atoms. The van der Waals surface area contributed by atoms with Crippen molar-refractivity contribution >= 4 is 6.03 Å². The highest BCUT2D eigenvalue weighted by Gasteiger charge is 2.37. The largest absolute Gasteiger partial charge is 0.338 e. The molecule has 0 bridgehead atoms. The first kappa shape index (κ1) is 13.1. The first-order chi connectivity index (χ1) is 10.3. The maximum Gasteiger partial charge on any atom is 0.317 e. The Balaban J connectivity index is 1.26. The number of aryl methyl sites for hydroxylation is 1. The average Bonchev–Trinajstić information content (AvgIpc) is 3.19. The molecule has 0 unspecified atom stereocenters. The molecule has 3 aliphatic rings. The lowest BCUT2D eigenvalue weighted by molar-refractivity contribution is 0.205. The Labute approximate surface area is 124 Å². The van der Waals surface area contributed by atoms with Crippen LogP contribution >= 0.6 is 0 Å². The fourth-order valence-electron chi connectivity index (χ4n) is 4.19. The van der Waals surface area contributed by atoms with Gasteiger partial charge in [0.2, 0.25) is 0 Å². The van der Waals surface area contributed by atoms with Crippen LogP contribution < -0.4 is 5.32 Å². The van der Waals surface area contributed by atoms with Crippen molar-refractivity contribution in [3.05, 3.63) is 11.6 Å². The fraction of sp³-hybridized carbons (Fsp3) is 0.800. The Morgan fingerprint density at radius 3 is 2.81 bits per heavy atom. The Bertz CT molecular complexity index is 528. The van der Waals surface area contributed by atoms with Crippen molar-refractivity contribution in [2.24, 2.45) is 11.8 Å². The van der Waals surface area contributed by atoms with Gasteiger partial charge in [0.1, 0.15) is 11.6 Å². The van der Waals surface area contributed by atoms with Crippen LogP contribution in [0, 0.1) is 11.8 Å². The minimum absolute atomic E-state index is 0.102. The second-order valence-electron chi connectivity index (χ2n) is 6.63. The number of fused-ring (bicyclic) bond motifs is 2. The van der Waals surface area contributed by atoms with Crippen LogP contribution in [-0.4, -0.2) is 45.3 Å². The van der Waals surface area contributed by atoms with Crippen LogP contribution in [0.4, 0.5) is 4.79 Å². The van der Waals surface area contributed by atoms with Gasteiger partial charge in [0, 0.05) is 39.0 Å². The van der Waals surface area contributed by atoms with E-state index in [0.717, 1.165) is 56.0 Å². The number of amides is 2. The van der Waals surface area contributed by atoms with E-state index in [0.29, 0.717) is 6.54 Å². The molecule has 6 nitrogen and oxygen atoms in total. The number of nitrogens with zero attached hydrogens (tertiary/aromatic N) is 4. The fourth-order valence-corrected chi connectivity index (χ4v) is 4.19. The average molecular weight is 289 g/mol. The highest BCUT2D eigenvalue weighted by Crippen LogP contribution is 2.37. The number of rotatable bonds is 3. The van der Waals surface area contributed by atoms with Crippen LogP contribution in [0.15, 0.2) is 0 Å². The van der Waals surface area contributed by atoms with Gasteiger partial charge in [-0.15, -0.1) is 10.2 Å². The number of nitrogens with one attached hydrogen (secondary N) is 1. The third kappa shape index (κ3) is 2.40. The van der Waals surface area contributed by atoms with Gasteiger partial charge in [-0.25, -0.2) is 4.79 Å². The van der Waals surface area contributed by atoms with Crippen LogP contribution in [0.5, 0.6) is 0 Å². The van der Waals surface area contributed by atoms with Crippen LogP contribution in [0.2, 0.25) is 0 Å². The minimum Gasteiger partial charge on any atom is -0.338 e. The van der Waals surface area contributed by atoms with E-state index in [1.165, 1.54) is 25.7 Å². The quantitative estimate of drug-likeness (QED) is 0.909. The predicted molar refractivity (Wildman–Crippen MR) is 77.8 cm³/mol. The van der Waals surface area contributed by atoms with Crippen molar-refractivity contribution in [3.63, 3.8) is 0 Å². The number of aromatic nitrogens is 3. The number of urea groups is 1. The van der Waals surface area contributed by atoms with Crippen molar-refractivity contribution in [3.8, 4) is 0 Å². The van der Waals surface area contributed by atoms with Gasteiger partial charge in [-0.2, -0.15) is 0 Å². The molecule has 1 saturated heterocycles. The van der Waals surface area contributed by atoms with E-state index in [4.69, 9.17) is 0 Å². The topological polar surface area (TPSA) is 63.1 Å². The van der Waals surface area contributed by atoms with E-state index < -0.39 is 0 Å². The Kier molecular flexibility index (Phi) is 3.31. The van der Waals surface area contributed by atoms with E-state index >= 15 is 0 Å². The Hall–Kier alpha value is -1.59. The molecular formula is C15H23N5O. The molecule has 114 valence electrons. The van der Waals surface area contributed by atoms with Crippen LogP contribution in [0.25, 0.3) is 0 Å². The SMILES string of the molecule is O=C(NCCc1nnc2n1CCC2)N1C[C@H]2CCC[C@H]2C1. The molecule has 1 aliphatic carbocycles. The van der Waals surface area contributed by atoms with E-state index in [-0.39, 0.29) is 6.03 Å². The maximum absolute atomic E-state index is 12.2. The third-order valence-corrected chi connectivity index (χ3v) is 5.32. The summed E-state index contributed by atoms with van der Waals surface area (Å²) in [5.41, 5.74) is 0. The van der Waals surface area contributed by atoms with Gasteiger partial charge >= 0.3 is 6.03 Å². The molecule has 0 spiro atoms. The molecule has 1 aromatic rings. The molecule has 1 saturated carbocycles. The van der Waals surface area contributed by atoms with Gasteiger partial charge in [-0.05, 0) is 31.1 Å². The van der Waals surface area contributed by atoms with Crippen molar-refractivity contribution in [2.75, 3.05) is 19.6 Å². The summed E-state index contributed by atoms with van der Waals surface area (Å²) in [7, 11) is 0. The van der Waals surface area contributed by atoms with Gasteiger partial charge in [-0.1, -0.05) is 6.42 Å². The summed E-state index contributed by atoms with van der Waals surface area (Å²) >= 11 is 0. The summed E-state index contributed by atoms with van der Waals surface area (Å²) in [6.07, 6.45) is 6.94. The highest BCUT2D eigenvalue weighted by atomic mass is 16.2. The second-order valence-corrected chi connectivity index (χ2v) is 6.63. The molecule has 3 heterocycles. The third-order valence-electron chi connectivity index (χ3n) is 5.32. The highest BCUT2D eigenvalue weighted by molar-refractivity contribution is 5.74. The lowest BCUT2D eigenvalue weighted by atomic mass is 10.0. The Morgan fingerprint density at radius 2 is 2.00 bits per heavy atom. The molecule has 6 heteroatoms. The van der Waals surface area contributed by atoms with E-state index in [2.05, 4.69) is 20.1 Å². The second kappa shape index (κ2) is 5.31. The number of hydrogen-bond acceptors (Lipinski definition) is 3. The first-order valence-corrected chi connectivity index (χ1v) is 8.25. The number of hydrogen-bond donors (Lipinski definition) is 1. The van der Waals surface area contributed by atoms with Crippen molar-refractivity contribution in [1.29, 1.82) is 0 Å². The van der Waals surface area contributed by atoms with Gasteiger partial charge in [-0.3, -0.25) is 0 Å². The molecule has 1 aromatic heterocycles. The summed E-state index contributed by atoms with van der Waals surface area (Å²) in [6, 6.07) is 0.102. The summed E-state index contributed by atoms with van der Waals surface area (Å²) in [4.78, 5) is 14.2. The van der Waals surface area contributed by atoms with Crippen molar-refractivity contribution in [1.82, 2.24) is 25.0 Å². The molecule has 2 aliphatic heterocycles. The standard InChI is InChI=1S/C15H23N5O/c21-15(19-9-11-3-1-4-12(11)10-19)16-7-6-14-18-17-13-5-2-8-20(13)14/h11-12H,1-10H2,(H,16,21)/t11-,12+. The van der Waals surface area contributed by atoms with E-state index in [1.54, 1.807) is 0 Å².